The van der Waals surface area contributed by atoms with Gasteiger partial charge in [-0.3, -0.25) is 4.68 Å². The summed E-state index contributed by atoms with van der Waals surface area (Å²) in [6.45, 7) is 8.42. The fourth-order valence-corrected chi connectivity index (χ4v) is 3.82. The topological polar surface area (TPSA) is 56.1 Å². The third-order valence-electron chi connectivity index (χ3n) is 5.14. The van der Waals surface area contributed by atoms with Crippen LogP contribution in [-0.2, 0) is 11.8 Å². The molecule has 130 valence electrons. The average molecular weight is 337 g/mol. The lowest BCUT2D eigenvalue weighted by atomic mass is 10.0. The van der Waals surface area contributed by atoms with E-state index in [4.69, 9.17) is 4.74 Å². The highest BCUT2D eigenvalue weighted by Gasteiger charge is 2.31. The minimum absolute atomic E-state index is 0.112. The molecule has 0 N–H and O–H groups in total. The van der Waals surface area contributed by atoms with E-state index in [0.717, 1.165) is 29.0 Å². The van der Waals surface area contributed by atoms with Gasteiger partial charge in [-0.1, -0.05) is 12.1 Å². The number of fused-ring (bicyclic) bond motifs is 1. The fourth-order valence-electron chi connectivity index (χ4n) is 3.82. The van der Waals surface area contributed by atoms with Crippen molar-refractivity contribution < 1.29 is 4.74 Å². The number of hydrogen-bond donors (Lipinski definition) is 0. The van der Waals surface area contributed by atoms with Crippen LogP contribution in [0.1, 0.15) is 28.6 Å². The van der Waals surface area contributed by atoms with Gasteiger partial charge in [-0.25, -0.2) is 9.97 Å². The summed E-state index contributed by atoms with van der Waals surface area (Å²) >= 11 is 0. The molecule has 0 bridgehead atoms. The third kappa shape index (κ3) is 2.57. The maximum atomic E-state index is 5.82. The molecule has 1 aromatic carbocycles. The number of nitrogens with zero attached hydrogens (tertiary/aromatic N) is 5. The zero-order valence-electron chi connectivity index (χ0n) is 15.2. The highest BCUT2D eigenvalue weighted by molar-refractivity contribution is 5.91. The van der Waals surface area contributed by atoms with Crippen LogP contribution >= 0.6 is 0 Å². The molecule has 0 saturated carbocycles. The molecule has 6 nitrogen and oxygen atoms in total. The molecule has 3 aromatic rings. The van der Waals surface area contributed by atoms with Gasteiger partial charge in [0, 0.05) is 30.2 Å². The summed E-state index contributed by atoms with van der Waals surface area (Å²) in [6, 6.07) is 6.38. The molecule has 2 aromatic heterocycles. The summed E-state index contributed by atoms with van der Waals surface area (Å²) in [5.41, 5.74) is 5.64. The van der Waals surface area contributed by atoms with Crippen molar-refractivity contribution in [2.45, 2.75) is 26.8 Å². The van der Waals surface area contributed by atoms with Gasteiger partial charge in [0.25, 0.3) is 0 Å². The van der Waals surface area contributed by atoms with Crippen molar-refractivity contribution in [2.24, 2.45) is 7.05 Å². The molecule has 0 amide bonds. The maximum absolute atomic E-state index is 5.82. The average Bonchev–Trinajstić information content (AvgIpc) is 2.87. The molecule has 6 heteroatoms. The Labute approximate surface area is 147 Å². The lowest BCUT2D eigenvalue weighted by Gasteiger charge is -2.37. The van der Waals surface area contributed by atoms with Gasteiger partial charge in [0.15, 0.2) is 0 Å². The van der Waals surface area contributed by atoms with E-state index >= 15 is 0 Å². The van der Waals surface area contributed by atoms with E-state index in [-0.39, 0.29) is 6.04 Å². The number of morpholine rings is 1. The summed E-state index contributed by atoms with van der Waals surface area (Å²) in [5, 5.41) is 5.68. The largest absolute Gasteiger partial charge is 0.377 e. The van der Waals surface area contributed by atoms with E-state index in [1.54, 1.807) is 6.33 Å². The summed E-state index contributed by atoms with van der Waals surface area (Å²) in [5.74, 6) is 0.977. The molecule has 3 heterocycles. The Bertz CT molecular complexity index is 933. The number of hydrogen-bond acceptors (Lipinski definition) is 5. The van der Waals surface area contributed by atoms with Crippen LogP contribution in [0.3, 0.4) is 0 Å². The van der Waals surface area contributed by atoms with Crippen molar-refractivity contribution in [3.63, 3.8) is 0 Å². The van der Waals surface area contributed by atoms with Gasteiger partial charge in [0.1, 0.15) is 12.1 Å². The molecule has 1 atom stereocenters. The van der Waals surface area contributed by atoms with Crippen LogP contribution < -0.4 is 4.90 Å². The number of rotatable bonds is 2. The van der Waals surface area contributed by atoms with Gasteiger partial charge in [-0.2, -0.15) is 5.10 Å². The van der Waals surface area contributed by atoms with Crippen LogP contribution in [0.5, 0.6) is 0 Å². The minimum Gasteiger partial charge on any atom is -0.377 e. The van der Waals surface area contributed by atoms with Gasteiger partial charge >= 0.3 is 0 Å². The molecule has 0 radical (unpaired) electrons. The summed E-state index contributed by atoms with van der Waals surface area (Å²) in [6.07, 6.45) is 1.67. The first-order valence-corrected chi connectivity index (χ1v) is 8.62. The molecular weight excluding hydrogens is 314 g/mol. The Morgan fingerprint density at radius 2 is 2.00 bits per heavy atom. The smallest absolute Gasteiger partial charge is 0.140 e. The first-order chi connectivity index (χ1) is 12.1. The molecule has 1 fully saturated rings. The summed E-state index contributed by atoms with van der Waals surface area (Å²) in [7, 11) is 1.99. The Kier molecular flexibility index (Phi) is 3.92. The Morgan fingerprint density at radius 1 is 1.16 bits per heavy atom. The molecular formula is C19H23N5O. The van der Waals surface area contributed by atoms with Crippen molar-refractivity contribution in [1.29, 1.82) is 0 Å². The lowest BCUT2D eigenvalue weighted by Crippen LogP contribution is -2.40. The number of benzene rings is 1. The quantitative estimate of drug-likeness (QED) is 0.720. The van der Waals surface area contributed by atoms with E-state index < -0.39 is 0 Å². The van der Waals surface area contributed by atoms with Gasteiger partial charge in [0.05, 0.1) is 30.5 Å². The van der Waals surface area contributed by atoms with E-state index in [1.807, 2.05) is 11.7 Å². The molecule has 0 spiro atoms. The maximum Gasteiger partial charge on any atom is 0.140 e. The SMILES string of the molecule is Cc1nn(C)c(C)c1[C@@H]1COCCN1c1ncnc2c(C)cccc12. The molecule has 0 unspecified atom stereocenters. The Hall–Kier alpha value is -2.47. The second kappa shape index (κ2) is 6.11. The molecule has 1 aliphatic rings. The van der Waals surface area contributed by atoms with Crippen LogP contribution in [0.4, 0.5) is 5.82 Å². The van der Waals surface area contributed by atoms with Gasteiger partial charge in [0.2, 0.25) is 0 Å². The van der Waals surface area contributed by atoms with E-state index in [9.17, 15) is 0 Å². The standard InChI is InChI=1S/C19H23N5O/c1-12-6-5-7-15-18(12)20-11-21-19(15)24-8-9-25-10-16(24)17-13(2)22-23(4)14(17)3/h5-7,11,16H,8-10H2,1-4H3/t16-/m0/s1. The highest BCUT2D eigenvalue weighted by Crippen LogP contribution is 2.35. The zero-order valence-corrected chi connectivity index (χ0v) is 15.2. The number of para-hydroxylation sites is 1. The van der Waals surface area contributed by atoms with Crippen LogP contribution in [0.2, 0.25) is 0 Å². The van der Waals surface area contributed by atoms with Gasteiger partial charge in [-0.05, 0) is 32.4 Å². The minimum atomic E-state index is 0.112. The first kappa shape index (κ1) is 16.0. The lowest BCUT2D eigenvalue weighted by molar-refractivity contribution is 0.0935. The van der Waals surface area contributed by atoms with E-state index in [2.05, 4.69) is 58.9 Å². The molecule has 25 heavy (non-hydrogen) atoms. The summed E-state index contributed by atoms with van der Waals surface area (Å²) in [4.78, 5) is 11.5. The summed E-state index contributed by atoms with van der Waals surface area (Å²) < 4.78 is 7.77. The second-order valence-corrected chi connectivity index (χ2v) is 6.66. The third-order valence-corrected chi connectivity index (χ3v) is 5.14. The molecule has 1 saturated heterocycles. The second-order valence-electron chi connectivity index (χ2n) is 6.66. The fraction of sp³-hybridized carbons (Fsp3) is 0.421. The first-order valence-electron chi connectivity index (χ1n) is 8.62. The van der Waals surface area contributed by atoms with Gasteiger partial charge < -0.3 is 9.64 Å². The van der Waals surface area contributed by atoms with Crippen molar-refractivity contribution in [2.75, 3.05) is 24.7 Å². The molecule has 0 aliphatic carbocycles. The predicted octanol–water partition coefficient (Wildman–Crippen LogP) is 2.87. The number of aryl methyl sites for hydroxylation is 3. The molecule has 1 aliphatic heterocycles. The molecule has 4 rings (SSSR count). The Morgan fingerprint density at radius 3 is 2.76 bits per heavy atom. The van der Waals surface area contributed by atoms with Crippen molar-refractivity contribution >= 4 is 16.7 Å². The van der Waals surface area contributed by atoms with Crippen LogP contribution in [0.15, 0.2) is 24.5 Å². The normalized spacial score (nSPS) is 18.1. The van der Waals surface area contributed by atoms with E-state index in [0.29, 0.717) is 13.2 Å². The van der Waals surface area contributed by atoms with Gasteiger partial charge in [-0.15, -0.1) is 0 Å². The van der Waals surface area contributed by atoms with Crippen LogP contribution in [0.25, 0.3) is 10.9 Å². The number of anilines is 1. The van der Waals surface area contributed by atoms with Crippen molar-refractivity contribution in [3.8, 4) is 0 Å². The van der Waals surface area contributed by atoms with Crippen LogP contribution in [0, 0.1) is 20.8 Å². The predicted molar refractivity (Wildman–Crippen MR) is 97.9 cm³/mol. The Balaban J connectivity index is 1.87. The number of aromatic nitrogens is 4. The number of ether oxygens (including phenoxy) is 1. The van der Waals surface area contributed by atoms with Crippen LogP contribution in [-0.4, -0.2) is 39.5 Å². The van der Waals surface area contributed by atoms with Crippen molar-refractivity contribution in [3.05, 3.63) is 47.0 Å². The highest BCUT2D eigenvalue weighted by atomic mass is 16.5. The van der Waals surface area contributed by atoms with Crippen molar-refractivity contribution in [1.82, 2.24) is 19.7 Å². The zero-order chi connectivity index (χ0) is 17.6. The monoisotopic (exact) mass is 337 g/mol. The van der Waals surface area contributed by atoms with E-state index in [1.165, 1.54) is 16.8 Å².